The average Bonchev–Trinajstić information content (AvgIpc) is 2.30. The highest BCUT2D eigenvalue weighted by molar-refractivity contribution is 5.28. The van der Waals surface area contributed by atoms with Crippen molar-refractivity contribution in [3.8, 4) is 0 Å². The molecule has 0 aliphatic rings. The molecule has 0 aliphatic carbocycles. The molecule has 0 amide bonds. The fourth-order valence-corrected chi connectivity index (χ4v) is 1.54. The van der Waals surface area contributed by atoms with E-state index in [-0.39, 0.29) is 0 Å². The highest BCUT2D eigenvalue weighted by atomic mass is 15.2. The van der Waals surface area contributed by atoms with Crippen LogP contribution in [0.5, 0.6) is 0 Å². The third-order valence-corrected chi connectivity index (χ3v) is 2.51. The van der Waals surface area contributed by atoms with E-state index in [4.69, 9.17) is 0 Å². The predicted octanol–water partition coefficient (Wildman–Crippen LogP) is 1.82. The summed E-state index contributed by atoms with van der Waals surface area (Å²) in [6.07, 6.45) is 7.48. The minimum Gasteiger partial charge on any atom is -0.344 e. The van der Waals surface area contributed by atoms with E-state index in [1.54, 1.807) is 0 Å². The van der Waals surface area contributed by atoms with Gasteiger partial charge in [-0.05, 0) is 13.5 Å². The molecule has 1 aromatic rings. The van der Waals surface area contributed by atoms with Gasteiger partial charge >= 0.3 is 0 Å². The number of rotatable bonds is 7. The Morgan fingerprint density at radius 1 is 1.25 bits per heavy atom. The van der Waals surface area contributed by atoms with E-state index in [1.807, 2.05) is 26.5 Å². The molecular weight excluding hydrogens is 200 g/mol. The largest absolute Gasteiger partial charge is 0.344 e. The van der Waals surface area contributed by atoms with Crippen LogP contribution < -0.4 is 10.2 Å². The van der Waals surface area contributed by atoms with Gasteiger partial charge in [-0.1, -0.05) is 19.8 Å². The lowest BCUT2D eigenvalue weighted by molar-refractivity contribution is 0.695. The van der Waals surface area contributed by atoms with Crippen LogP contribution in [0.2, 0.25) is 0 Å². The van der Waals surface area contributed by atoms with Gasteiger partial charge in [0.1, 0.15) is 0 Å². The van der Waals surface area contributed by atoms with Crippen LogP contribution in [0.4, 0.5) is 5.95 Å². The van der Waals surface area contributed by atoms with Crippen LogP contribution in [-0.2, 0) is 6.54 Å². The second-order valence-corrected chi connectivity index (χ2v) is 4.05. The van der Waals surface area contributed by atoms with Gasteiger partial charge in [-0.15, -0.1) is 0 Å². The van der Waals surface area contributed by atoms with Crippen LogP contribution in [0.3, 0.4) is 0 Å². The van der Waals surface area contributed by atoms with Gasteiger partial charge in [0.25, 0.3) is 0 Å². The number of hydrogen-bond donors (Lipinski definition) is 1. The maximum Gasteiger partial charge on any atom is 0.224 e. The Bertz CT molecular complexity index is 284. The number of nitrogens with one attached hydrogen (secondary N) is 1. The van der Waals surface area contributed by atoms with Gasteiger partial charge in [0, 0.05) is 38.1 Å². The van der Waals surface area contributed by atoms with Crippen molar-refractivity contribution in [3.63, 3.8) is 0 Å². The molecule has 1 heterocycles. The lowest BCUT2D eigenvalue weighted by Gasteiger charge is -2.16. The third kappa shape index (κ3) is 4.14. The second kappa shape index (κ2) is 7.17. The van der Waals surface area contributed by atoms with E-state index in [9.17, 15) is 0 Å². The minimum atomic E-state index is 0.816. The number of anilines is 1. The van der Waals surface area contributed by atoms with Gasteiger partial charge in [0.05, 0.1) is 0 Å². The Kier molecular flexibility index (Phi) is 5.78. The third-order valence-electron chi connectivity index (χ3n) is 2.51. The maximum absolute atomic E-state index is 4.35. The maximum atomic E-state index is 4.35. The summed E-state index contributed by atoms with van der Waals surface area (Å²) in [5.41, 5.74) is 1.12. The van der Waals surface area contributed by atoms with Crippen molar-refractivity contribution in [1.82, 2.24) is 15.3 Å². The summed E-state index contributed by atoms with van der Waals surface area (Å²) in [6.45, 7) is 4.06. The standard InChI is InChI=1S/C12H22N4/c1-4-5-6-7-16(3)12-14-9-11(8-13-2)10-15-12/h9-10,13H,4-8H2,1-3H3. The summed E-state index contributed by atoms with van der Waals surface area (Å²) < 4.78 is 0. The first-order valence-electron chi connectivity index (χ1n) is 5.94. The number of hydrogen-bond acceptors (Lipinski definition) is 4. The molecular formula is C12H22N4. The van der Waals surface area contributed by atoms with Crippen molar-refractivity contribution in [2.24, 2.45) is 0 Å². The van der Waals surface area contributed by atoms with Crippen molar-refractivity contribution in [1.29, 1.82) is 0 Å². The fourth-order valence-electron chi connectivity index (χ4n) is 1.54. The molecule has 4 nitrogen and oxygen atoms in total. The fraction of sp³-hybridized carbons (Fsp3) is 0.667. The van der Waals surface area contributed by atoms with E-state index in [1.165, 1.54) is 19.3 Å². The monoisotopic (exact) mass is 222 g/mol. The van der Waals surface area contributed by atoms with Crippen molar-refractivity contribution in [2.45, 2.75) is 32.7 Å². The molecule has 16 heavy (non-hydrogen) atoms. The molecule has 0 atom stereocenters. The van der Waals surface area contributed by atoms with Gasteiger partial charge in [-0.25, -0.2) is 9.97 Å². The first kappa shape index (κ1) is 12.9. The molecule has 0 aromatic carbocycles. The topological polar surface area (TPSA) is 41.1 Å². The average molecular weight is 222 g/mol. The lowest BCUT2D eigenvalue weighted by atomic mass is 10.2. The normalized spacial score (nSPS) is 10.4. The van der Waals surface area contributed by atoms with Crippen molar-refractivity contribution in [3.05, 3.63) is 18.0 Å². The molecule has 0 saturated heterocycles. The summed E-state index contributed by atoms with van der Waals surface area (Å²) in [4.78, 5) is 10.8. The predicted molar refractivity (Wildman–Crippen MR) is 67.6 cm³/mol. The lowest BCUT2D eigenvalue weighted by Crippen LogP contribution is -2.21. The van der Waals surface area contributed by atoms with Crippen LogP contribution in [0.15, 0.2) is 12.4 Å². The van der Waals surface area contributed by atoms with Gasteiger partial charge < -0.3 is 10.2 Å². The molecule has 4 heteroatoms. The van der Waals surface area contributed by atoms with Crippen molar-refractivity contribution in [2.75, 3.05) is 25.5 Å². The Morgan fingerprint density at radius 2 is 1.94 bits per heavy atom. The molecule has 1 rings (SSSR count). The highest BCUT2D eigenvalue weighted by Gasteiger charge is 2.03. The summed E-state index contributed by atoms with van der Waals surface area (Å²) in [5.74, 6) is 0.816. The zero-order valence-corrected chi connectivity index (χ0v) is 10.5. The summed E-state index contributed by atoms with van der Waals surface area (Å²) >= 11 is 0. The van der Waals surface area contributed by atoms with Crippen LogP contribution in [0, 0.1) is 0 Å². The Labute approximate surface area is 98.1 Å². The van der Waals surface area contributed by atoms with E-state index in [0.29, 0.717) is 0 Å². The number of unbranched alkanes of at least 4 members (excludes halogenated alkanes) is 2. The zero-order valence-electron chi connectivity index (χ0n) is 10.5. The highest BCUT2D eigenvalue weighted by Crippen LogP contribution is 2.06. The van der Waals surface area contributed by atoms with Crippen molar-refractivity contribution < 1.29 is 0 Å². The van der Waals surface area contributed by atoms with E-state index >= 15 is 0 Å². The van der Waals surface area contributed by atoms with Crippen LogP contribution >= 0.6 is 0 Å². The molecule has 0 radical (unpaired) electrons. The van der Waals surface area contributed by atoms with Crippen LogP contribution in [0.1, 0.15) is 31.7 Å². The molecule has 0 unspecified atom stereocenters. The van der Waals surface area contributed by atoms with Crippen LogP contribution in [-0.4, -0.2) is 30.6 Å². The van der Waals surface area contributed by atoms with Gasteiger partial charge in [0.15, 0.2) is 0 Å². The summed E-state index contributed by atoms with van der Waals surface area (Å²) in [6, 6.07) is 0. The number of aromatic nitrogens is 2. The molecule has 0 spiro atoms. The van der Waals surface area contributed by atoms with Gasteiger partial charge in [-0.2, -0.15) is 0 Å². The Hall–Kier alpha value is -1.16. The van der Waals surface area contributed by atoms with Crippen LogP contribution in [0.25, 0.3) is 0 Å². The summed E-state index contributed by atoms with van der Waals surface area (Å²) in [7, 11) is 3.97. The number of nitrogens with zero attached hydrogens (tertiary/aromatic N) is 3. The molecule has 1 aromatic heterocycles. The van der Waals surface area contributed by atoms with Gasteiger partial charge in [0.2, 0.25) is 5.95 Å². The van der Waals surface area contributed by atoms with E-state index in [2.05, 4.69) is 27.1 Å². The molecule has 0 aliphatic heterocycles. The minimum absolute atomic E-state index is 0.816. The molecule has 0 bridgehead atoms. The molecule has 90 valence electrons. The Balaban J connectivity index is 2.46. The SMILES string of the molecule is CCCCCN(C)c1ncc(CNC)cn1. The second-order valence-electron chi connectivity index (χ2n) is 4.05. The van der Waals surface area contributed by atoms with Crippen molar-refractivity contribution >= 4 is 5.95 Å². The first-order valence-corrected chi connectivity index (χ1v) is 5.94. The Morgan fingerprint density at radius 3 is 2.50 bits per heavy atom. The van der Waals surface area contributed by atoms with E-state index in [0.717, 1.165) is 24.6 Å². The van der Waals surface area contributed by atoms with Gasteiger partial charge in [-0.3, -0.25) is 0 Å². The zero-order chi connectivity index (χ0) is 11.8. The summed E-state index contributed by atoms with van der Waals surface area (Å²) in [5, 5.41) is 3.08. The van der Waals surface area contributed by atoms with E-state index < -0.39 is 0 Å². The first-order chi connectivity index (χ1) is 7.77. The molecule has 0 saturated carbocycles. The molecule has 1 N–H and O–H groups in total. The quantitative estimate of drug-likeness (QED) is 0.715. The molecule has 0 fully saturated rings. The smallest absolute Gasteiger partial charge is 0.224 e.